The van der Waals surface area contributed by atoms with Crippen molar-refractivity contribution in [2.45, 2.75) is 13.8 Å². The van der Waals surface area contributed by atoms with Gasteiger partial charge in [-0.15, -0.1) is 0 Å². The molecular weight excluding hydrogens is 280 g/mol. The fourth-order valence-electron chi connectivity index (χ4n) is 1.33. The molecule has 88 valence electrons. The summed E-state index contributed by atoms with van der Waals surface area (Å²) in [6.07, 6.45) is 3.26. The summed E-state index contributed by atoms with van der Waals surface area (Å²) in [5.41, 5.74) is 1.20. The molecule has 1 aromatic carbocycles. The summed E-state index contributed by atoms with van der Waals surface area (Å²) in [4.78, 5) is 22.4. The Morgan fingerprint density at radius 3 is 2.00 bits per heavy atom. The summed E-state index contributed by atoms with van der Waals surface area (Å²) in [6.45, 7) is 2.77. The van der Waals surface area contributed by atoms with Gasteiger partial charge in [0, 0.05) is 4.48 Å². The van der Waals surface area contributed by atoms with Gasteiger partial charge in [0.1, 0.15) is 0 Å². The third-order valence-corrected chi connectivity index (χ3v) is 2.93. The van der Waals surface area contributed by atoms with E-state index in [2.05, 4.69) is 15.9 Å². The summed E-state index contributed by atoms with van der Waals surface area (Å²) >= 11 is 3.41. The predicted molar refractivity (Wildman–Crippen MR) is 72.8 cm³/mol. The van der Waals surface area contributed by atoms with Crippen LogP contribution in [0.5, 0.6) is 0 Å². The van der Waals surface area contributed by atoms with Gasteiger partial charge in [0.05, 0.1) is 5.57 Å². The summed E-state index contributed by atoms with van der Waals surface area (Å²) in [6, 6.07) is 9.65. The highest BCUT2D eigenvalue weighted by molar-refractivity contribution is 9.15. The molecule has 1 rings (SSSR count). The van der Waals surface area contributed by atoms with Crippen molar-refractivity contribution in [2.75, 3.05) is 0 Å². The molecule has 0 N–H and O–H groups in total. The van der Waals surface area contributed by atoms with Crippen LogP contribution in [0.15, 0.2) is 48.1 Å². The van der Waals surface area contributed by atoms with Crippen LogP contribution in [0.2, 0.25) is 0 Å². The first kappa shape index (κ1) is 13.6. The van der Waals surface area contributed by atoms with Crippen LogP contribution in [0.3, 0.4) is 0 Å². The van der Waals surface area contributed by atoms with Crippen LogP contribution in [0.4, 0.5) is 0 Å². The van der Waals surface area contributed by atoms with Gasteiger partial charge in [-0.3, -0.25) is 9.59 Å². The Balaban J connectivity index is 3.00. The molecule has 0 bridgehead atoms. The van der Waals surface area contributed by atoms with E-state index in [1.54, 1.807) is 12.2 Å². The molecule has 0 amide bonds. The van der Waals surface area contributed by atoms with Crippen molar-refractivity contribution in [3.8, 4) is 0 Å². The molecule has 0 aliphatic heterocycles. The standard InChI is InChI=1S/C14H13BrO2/c1-10(16)13(11(2)17)8-9-14(15)12-6-4-3-5-7-12/h3-9H,1-2H3/b14-9-. The van der Waals surface area contributed by atoms with Gasteiger partial charge in [0.25, 0.3) is 0 Å². The fraction of sp³-hybridized carbons (Fsp3) is 0.143. The molecule has 0 atom stereocenters. The number of allylic oxidation sites excluding steroid dienone is 3. The van der Waals surface area contributed by atoms with E-state index < -0.39 is 0 Å². The first-order chi connectivity index (χ1) is 8.02. The maximum Gasteiger partial charge on any atom is 0.163 e. The third kappa shape index (κ3) is 4.11. The molecule has 0 fully saturated rings. The van der Waals surface area contributed by atoms with Gasteiger partial charge < -0.3 is 0 Å². The second kappa shape index (κ2) is 6.30. The van der Waals surface area contributed by atoms with E-state index in [0.29, 0.717) is 0 Å². The normalized spacial score (nSPS) is 10.9. The number of carbonyl (C=O) groups is 2. The lowest BCUT2D eigenvalue weighted by Gasteiger charge is -1.98. The van der Waals surface area contributed by atoms with Crippen LogP contribution >= 0.6 is 15.9 Å². The van der Waals surface area contributed by atoms with Crippen molar-refractivity contribution >= 4 is 32.0 Å². The molecule has 0 saturated heterocycles. The zero-order valence-corrected chi connectivity index (χ0v) is 11.3. The summed E-state index contributed by atoms with van der Waals surface area (Å²) < 4.78 is 0.832. The fourth-order valence-corrected chi connectivity index (χ4v) is 1.73. The Morgan fingerprint density at radius 1 is 1.00 bits per heavy atom. The number of hydrogen-bond acceptors (Lipinski definition) is 2. The van der Waals surface area contributed by atoms with Crippen LogP contribution in [0, 0.1) is 0 Å². The number of ketones is 2. The quantitative estimate of drug-likeness (QED) is 0.368. The van der Waals surface area contributed by atoms with E-state index in [1.165, 1.54) is 13.8 Å². The van der Waals surface area contributed by atoms with Gasteiger partial charge in [0.15, 0.2) is 11.6 Å². The van der Waals surface area contributed by atoms with Crippen molar-refractivity contribution in [3.05, 3.63) is 53.6 Å². The second-order valence-electron chi connectivity index (χ2n) is 3.57. The average Bonchev–Trinajstić information content (AvgIpc) is 2.29. The summed E-state index contributed by atoms with van der Waals surface area (Å²) in [7, 11) is 0. The van der Waals surface area contributed by atoms with Crippen molar-refractivity contribution in [1.82, 2.24) is 0 Å². The zero-order valence-electron chi connectivity index (χ0n) is 9.74. The molecule has 0 aliphatic rings. The Bertz CT molecular complexity index is 468. The molecule has 0 spiro atoms. The van der Waals surface area contributed by atoms with Crippen molar-refractivity contribution in [2.24, 2.45) is 0 Å². The van der Waals surface area contributed by atoms with Gasteiger partial charge in [-0.25, -0.2) is 0 Å². The highest BCUT2D eigenvalue weighted by Gasteiger charge is 2.07. The van der Waals surface area contributed by atoms with E-state index in [-0.39, 0.29) is 17.1 Å². The van der Waals surface area contributed by atoms with Crippen molar-refractivity contribution in [3.63, 3.8) is 0 Å². The van der Waals surface area contributed by atoms with Crippen molar-refractivity contribution in [1.29, 1.82) is 0 Å². The highest BCUT2D eigenvalue weighted by Crippen LogP contribution is 2.20. The van der Waals surface area contributed by atoms with Gasteiger partial charge in [-0.05, 0) is 31.6 Å². The van der Waals surface area contributed by atoms with Crippen LogP contribution in [-0.2, 0) is 9.59 Å². The minimum absolute atomic E-state index is 0.206. The molecule has 0 aliphatic carbocycles. The maximum atomic E-state index is 11.2. The summed E-state index contributed by atoms with van der Waals surface area (Å²) in [5.74, 6) is -0.441. The Labute approximate surface area is 109 Å². The first-order valence-electron chi connectivity index (χ1n) is 5.17. The van der Waals surface area contributed by atoms with Crippen LogP contribution in [0.1, 0.15) is 19.4 Å². The molecule has 0 heterocycles. The third-order valence-electron chi connectivity index (χ3n) is 2.20. The number of carbonyl (C=O) groups excluding carboxylic acids is 2. The monoisotopic (exact) mass is 292 g/mol. The minimum Gasteiger partial charge on any atom is -0.294 e. The minimum atomic E-state index is -0.220. The lowest BCUT2D eigenvalue weighted by atomic mass is 10.1. The lowest BCUT2D eigenvalue weighted by Crippen LogP contribution is -2.05. The van der Waals surface area contributed by atoms with E-state index in [0.717, 1.165) is 10.0 Å². The maximum absolute atomic E-state index is 11.2. The van der Waals surface area contributed by atoms with Gasteiger partial charge in [-0.2, -0.15) is 0 Å². The lowest BCUT2D eigenvalue weighted by molar-refractivity contribution is -0.119. The molecule has 2 nitrogen and oxygen atoms in total. The van der Waals surface area contributed by atoms with Crippen molar-refractivity contribution < 1.29 is 9.59 Å². The molecule has 0 aromatic heterocycles. The Morgan fingerprint density at radius 2 is 1.53 bits per heavy atom. The van der Waals surface area contributed by atoms with E-state index in [1.807, 2.05) is 30.3 Å². The largest absolute Gasteiger partial charge is 0.294 e. The topological polar surface area (TPSA) is 34.1 Å². The van der Waals surface area contributed by atoms with E-state index in [4.69, 9.17) is 0 Å². The number of hydrogen-bond donors (Lipinski definition) is 0. The molecular formula is C14H13BrO2. The average molecular weight is 293 g/mol. The highest BCUT2D eigenvalue weighted by atomic mass is 79.9. The first-order valence-corrected chi connectivity index (χ1v) is 5.96. The number of halogens is 1. The van der Waals surface area contributed by atoms with Gasteiger partial charge >= 0.3 is 0 Å². The SMILES string of the molecule is CC(=O)C(=C/C=C(\Br)c1ccccc1)C(C)=O. The molecule has 0 radical (unpaired) electrons. The molecule has 1 aromatic rings. The van der Waals surface area contributed by atoms with Crippen LogP contribution in [-0.4, -0.2) is 11.6 Å². The molecule has 17 heavy (non-hydrogen) atoms. The van der Waals surface area contributed by atoms with E-state index >= 15 is 0 Å². The molecule has 0 saturated carbocycles. The van der Waals surface area contributed by atoms with Gasteiger partial charge in [-0.1, -0.05) is 46.3 Å². The second-order valence-corrected chi connectivity index (χ2v) is 4.43. The smallest absolute Gasteiger partial charge is 0.163 e. The number of benzene rings is 1. The number of rotatable bonds is 4. The number of Topliss-reactive ketones (excluding diaryl/α,β-unsaturated/α-hetero) is 2. The van der Waals surface area contributed by atoms with Crippen LogP contribution < -0.4 is 0 Å². The molecule has 3 heteroatoms. The van der Waals surface area contributed by atoms with Gasteiger partial charge in [0.2, 0.25) is 0 Å². The predicted octanol–water partition coefficient (Wildman–Crippen LogP) is 3.53. The van der Waals surface area contributed by atoms with Crippen LogP contribution in [0.25, 0.3) is 4.48 Å². The molecule has 0 unspecified atom stereocenters. The van der Waals surface area contributed by atoms with E-state index in [9.17, 15) is 9.59 Å². The Kier molecular flexibility index (Phi) is 5.04. The zero-order chi connectivity index (χ0) is 12.8. The summed E-state index contributed by atoms with van der Waals surface area (Å²) in [5, 5.41) is 0. The Hall–Kier alpha value is -1.48.